The average Bonchev–Trinajstić information content (AvgIpc) is 3.16. The van der Waals surface area contributed by atoms with E-state index in [0.29, 0.717) is 29.3 Å². The van der Waals surface area contributed by atoms with Crippen LogP contribution in [-0.4, -0.2) is 38.7 Å². The van der Waals surface area contributed by atoms with E-state index in [4.69, 9.17) is 14.2 Å². The number of hydrogen-bond acceptors (Lipinski definition) is 6. The maximum Gasteiger partial charge on any atom is 0.349 e. The monoisotopic (exact) mass is 363 g/mol. The van der Waals surface area contributed by atoms with E-state index in [1.165, 1.54) is 11.3 Å². The first-order chi connectivity index (χ1) is 12.0. The molecule has 134 valence electrons. The second-order valence-corrected chi connectivity index (χ2v) is 6.20. The Labute approximate surface area is 150 Å². The van der Waals surface area contributed by atoms with Gasteiger partial charge in [-0.25, -0.2) is 4.79 Å². The molecule has 0 spiro atoms. The van der Waals surface area contributed by atoms with E-state index in [9.17, 15) is 9.59 Å². The minimum Gasteiger partial charge on any atom is -0.493 e. The summed E-state index contributed by atoms with van der Waals surface area (Å²) >= 11 is 1.28. The van der Waals surface area contributed by atoms with Crippen LogP contribution in [0.5, 0.6) is 11.5 Å². The highest BCUT2D eigenvalue weighted by molar-refractivity contribution is 7.11. The highest BCUT2D eigenvalue weighted by Crippen LogP contribution is 2.27. The van der Waals surface area contributed by atoms with Crippen molar-refractivity contribution in [1.29, 1.82) is 0 Å². The first-order valence-electron chi connectivity index (χ1n) is 7.78. The van der Waals surface area contributed by atoms with Crippen LogP contribution in [0.2, 0.25) is 0 Å². The van der Waals surface area contributed by atoms with Crippen LogP contribution in [0.4, 0.5) is 0 Å². The molecule has 6 nitrogen and oxygen atoms in total. The topological polar surface area (TPSA) is 73.9 Å². The van der Waals surface area contributed by atoms with Crippen LogP contribution in [0.25, 0.3) is 0 Å². The molecule has 2 rings (SSSR count). The summed E-state index contributed by atoms with van der Waals surface area (Å²) in [6, 6.07) is 9.02. The van der Waals surface area contributed by atoms with Crippen molar-refractivity contribution < 1.29 is 23.8 Å². The second kappa shape index (κ2) is 9.08. The van der Waals surface area contributed by atoms with Crippen molar-refractivity contribution in [2.24, 2.45) is 0 Å². The molecule has 0 saturated heterocycles. The van der Waals surface area contributed by atoms with Gasteiger partial charge in [0, 0.05) is 6.54 Å². The van der Waals surface area contributed by atoms with E-state index in [2.05, 4.69) is 5.32 Å². The van der Waals surface area contributed by atoms with E-state index in [1.54, 1.807) is 38.7 Å². The summed E-state index contributed by atoms with van der Waals surface area (Å²) in [5.74, 6) is 0.483. The fraction of sp³-hybridized carbons (Fsp3) is 0.333. The second-order valence-electron chi connectivity index (χ2n) is 5.26. The number of methoxy groups -OCH3 is 2. The standard InChI is InChI=1S/C18H21NO5S/c1-12(24-18(21)16-5-4-10-25-16)17(20)19-9-8-13-6-7-14(22-2)15(11-13)23-3/h4-7,10-12H,8-9H2,1-3H3,(H,19,20)/t12-/m1/s1. The van der Waals surface area contributed by atoms with Crippen LogP contribution < -0.4 is 14.8 Å². The molecule has 0 aliphatic heterocycles. The van der Waals surface area contributed by atoms with Crippen molar-refractivity contribution in [2.45, 2.75) is 19.4 Å². The first kappa shape index (κ1) is 18.8. The first-order valence-corrected chi connectivity index (χ1v) is 8.66. The van der Waals surface area contributed by atoms with Crippen LogP contribution in [-0.2, 0) is 16.0 Å². The number of ether oxygens (including phenoxy) is 3. The zero-order valence-corrected chi connectivity index (χ0v) is 15.2. The molecule has 1 aromatic carbocycles. The summed E-state index contributed by atoms with van der Waals surface area (Å²) in [7, 11) is 3.16. The number of rotatable bonds is 8. The summed E-state index contributed by atoms with van der Waals surface area (Å²) < 4.78 is 15.6. The van der Waals surface area contributed by atoms with Gasteiger partial charge in [-0.15, -0.1) is 11.3 Å². The molecular weight excluding hydrogens is 342 g/mol. The number of hydrogen-bond donors (Lipinski definition) is 1. The van der Waals surface area contributed by atoms with Gasteiger partial charge < -0.3 is 19.5 Å². The number of thiophene rings is 1. The van der Waals surface area contributed by atoms with Gasteiger partial charge in [-0.2, -0.15) is 0 Å². The Morgan fingerprint density at radius 3 is 2.56 bits per heavy atom. The highest BCUT2D eigenvalue weighted by atomic mass is 32.1. The zero-order valence-electron chi connectivity index (χ0n) is 14.4. The Bertz CT molecular complexity index is 714. The van der Waals surface area contributed by atoms with Crippen molar-refractivity contribution in [3.8, 4) is 11.5 Å². The summed E-state index contributed by atoms with van der Waals surface area (Å²) in [5.41, 5.74) is 1.00. The molecule has 2 aromatic rings. The van der Waals surface area contributed by atoms with Gasteiger partial charge in [0.25, 0.3) is 5.91 Å². The molecule has 0 saturated carbocycles. The number of carbonyl (C=O) groups excluding carboxylic acids is 2. The van der Waals surface area contributed by atoms with Crippen LogP contribution in [0.15, 0.2) is 35.7 Å². The van der Waals surface area contributed by atoms with Gasteiger partial charge in [0.15, 0.2) is 17.6 Å². The molecule has 1 amide bonds. The van der Waals surface area contributed by atoms with Crippen molar-refractivity contribution in [3.05, 3.63) is 46.2 Å². The third-order valence-corrected chi connectivity index (χ3v) is 4.39. The summed E-state index contributed by atoms with van der Waals surface area (Å²) in [6.07, 6.45) is -0.225. The maximum atomic E-state index is 12.0. The molecule has 0 fully saturated rings. The number of nitrogens with one attached hydrogen (secondary N) is 1. The summed E-state index contributed by atoms with van der Waals surface area (Å²) in [4.78, 5) is 24.3. The average molecular weight is 363 g/mol. The fourth-order valence-corrected chi connectivity index (χ4v) is 2.78. The van der Waals surface area contributed by atoms with Crippen molar-refractivity contribution in [2.75, 3.05) is 20.8 Å². The van der Waals surface area contributed by atoms with E-state index >= 15 is 0 Å². The SMILES string of the molecule is COc1ccc(CCNC(=O)[C@@H](C)OC(=O)c2cccs2)cc1OC. The van der Waals surface area contributed by atoms with Crippen molar-refractivity contribution in [1.82, 2.24) is 5.32 Å². The molecule has 25 heavy (non-hydrogen) atoms. The Kier molecular flexibility index (Phi) is 6.82. The lowest BCUT2D eigenvalue weighted by molar-refractivity contribution is -0.129. The number of esters is 1. The molecule has 1 N–H and O–H groups in total. The normalized spacial score (nSPS) is 11.5. The smallest absolute Gasteiger partial charge is 0.349 e. The van der Waals surface area contributed by atoms with Crippen molar-refractivity contribution >= 4 is 23.2 Å². The van der Waals surface area contributed by atoms with Crippen LogP contribution in [0.1, 0.15) is 22.2 Å². The Balaban J connectivity index is 1.80. The minimum atomic E-state index is -0.847. The number of carbonyl (C=O) groups is 2. The van der Waals surface area contributed by atoms with Crippen LogP contribution >= 0.6 is 11.3 Å². The minimum absolute atomic E-state index is 0.328. The zero-order chi connectivity index (χ0) is 18.2. The van der Waals surface area contributed by atoms with Crippen LogP contribution in [0.3, 0.4) is 0 Å². The molecule has 0 aliphatic carbocycles. The van der Waals surface area contributed by atoms with Gasteiger partial charge in [0.1, 0.15) is 4.88 Å². The predicted molar refractivity (Wildman–Crippen MR) is 95.5 cm³/mol. The fourth-order valence-electron chi connectivity index (χ4n) is 2.18. The molecule has 7 heteroatoms. The van der Waals surface area contributed by atoms with Gasteiger partial charge in [0.05, 0.1) is 14.2 Å². The molecule has 1 aromatic heterocycles. The van der Waals surface area contributed by atoms with E-state index < -0.39 is 12.1 Å². The Hall–Kier alpha value is -2.54. The lowest BCUT2D eigenvalue weighted by Gasteiger charge is -2.13. The lowest BCUT2D eigenvalue weighted by Crippen LogP contribution is -2.36. The third-order valence-electron chi connectivity index (χ3n) is 3.54. The third kappa shape index (κ3) is 5.22. The number of benzene rings is 1. The van der Waals surface area contributed by atoms with E-state index in [1.807, 2.05) is 18.2 Å². The molecule has 0 unspecified atom stereocenters. The Morgan fingerprint density at radius 2 is 1.92 bits per heavy atom. The quantitative estimate of drug-likeness (QED) is 0.730. The largest absolute Gasteiger partial charge is 0.493 e. The van der Waals surface area contributed by atoms with Gasteiger partial charge >= 0.3 is 5.97 Å². The Morgan fingerprint density at radius 1 is 1.16 bits per heavy atom. The highest BCUT2D eigenvalue weighted by Gasteiger charge is 2.19. The summed E-state index contributed by atoms with van der Waals surface area (Å²) in [5, 5.41) is 4.55. The van der Waals surface area contributed by atoms with Crippen molar-refractivity contribution in [3.63, 3.8) is 0 Å². The van der Waals surface area contributed by atoms with E-state index in [-0.39, 0.29) is 5.91 Å². The van der Waals surface area contributed by atoms with Gasteiger partial charge in [0.2, 0.25) is 0 Å². The summed E-state index contributed by atoms with van der Waals surface area (Å²) in [6.45, 7) is 1.98. The molecule has 1 atom stereocenters. The molecule has 0 aliphatic rings. The predicted octanol–water partition coefficient (Wildman–Crippen LogP) is 2.67. The van der Waals surface area contributed by atoms with Crippen LogP contribution in [0, 0.1) is 0 Å². The molecule has 0 bridgehead atoms. The maximum absolute atomic E-state index is 12.0. The lowest BCUT2D eigenvalue weighted by atomic mass is 10.1. The van der Waals surface area contributed by atoms with Gasteiger partial charge in [-0.05, 0) is 42.5 Å². The molecular formula is C18H21NO5S. The van der Waals surface area contributed by atoms with Gasteiger partial charge in [-0.1, -0.05) is 12.1 Å². The van der Waals surface area contributed by atoms with Gasteiger partial charge in [-0.3, -0.25) is 4.79 Å². The molecule has 0 radical (unpaired) electrons. The molecule has 1 heterocycles. The number of amides is 1. The van der Waals surface area contributed by atoms with E-state index in [0.717, 1.165) is 5.56 Å².